The van der Waals surface area contributed by atoms with E-state index in [-0.39, 0.29) is 5.91 Å². The molecule has 1 atom stereocenters. The summed E-state index contributed by atoms with van der Waals surface area (Å²) in [6.45, 7) is 1.49. The number of nitrogens with zero attached hydrogens (tertiary/aromatic N) is 5. The molecule has 7 heteroatoms. The van der Waals surface area contributed by atoms with Crippen LogP contribution in [0.2, 0.25) is 0 Å². The van der Waals surface area contributed by atoms with Gasteiger partial charge in [0.25, 0.3) is 5.91 Å². The third kappa shape index (κ3) is 3.81. The van der Waals surface area contributed by atoms with Crippen molar-refractivity contribution in [2.75, 3.05) is 13.1 Å². The lowest BCUT2D eigenvalue weighted by Gasteiger charge is -2.32. The fourth-order valence-electron chi connectivity index (χ4n) is 4.10. The molecule has 3 heterocycles. The van der Waals surface area contributed by atoms with Gasteiger partial charge in [-0.3, -0.25) is 9.48 Å². The number of aromatic nitrogens is 4. The normalized spacial score (nSPS) is 19.5. The SMILES string of the molecule is Cn1nc(-c2ccccc2)cc1C(=O)N1CCCC(Cc2nc(C3CC3)no2)C1. The minimum absolute atomic E-state index is 0.0380. The summed E-state index contributed by atoms with van der Waals surface area (Å²) in [5.74, 6) is 2.45. The van der Waals surface area contributed by atoms with Crippen molar-refractivity contribution in [2.24, 2.45) is 13.0 Å². The van der Waals surface area contributed by atoms with Crippen molar-refractivity contribution in [3.8, 4) is 11.3 Å². The lowest BCUT2D eigenvalue weighted by Crippen LogP contribution is -2.41. The molecule has 1 saturated carbocycles. The number of aryl methyl sites for hydroxylation is 1. The van der Waals surface area contributed by atoms with Crippen molar-refractivity contribution < 1.29 is 9.32 Å². The van der Waals surface area contributed by atoms with Gasteiger partial charge < -0.3 is 9.42 Å². The fraction of sp³-hybridized carbons (Fsp3) is 0.455. The summed E-state index contributed by atoms with van der Waals surface area (Å²) in [5.41, 5.74) is 2.46. The maximum atomic E-state index is 13.2. The molecule has 2 aliphatic rings. The van der Waals surface area contributed by atoms with Crippen molar-refractivity contribution in [1.29, 1.82) is 0 Å². The van der Waals surface area contributed by atoms with E-state index in [0.29, 0.717) is 30.0 Å². The van der Waals surface area contributed by atoms with Gasteiger partial charge in [0.2, 0.25) is 5.89 Å². The zero-order valence-corrected chi connectivity index (χ0v) is 16.6. The zero-order chi connectivity index (χ0) is 19.8. The highest BCUT2D eigenvalue weighted by atomic mass is 16.5. The molecular formula is C22H25N5O2. The molecule has 1 saturated heterocycles. The maximum Gasteiger partial charge on any atom is 0.272 e. The fourth-order valence-corrected chi connectivity index (χ4v) is 4.10. The molecule has 3 aromatic rings. The number of carbonyl (C=O) groups excluding carboxylic acids is 1. The van der Waals surface area contributed by atoms with E-state index < -0.39 is 0 Å². The molecule has 2 aromatic heterocycles. The molecule has 7 nitrogen and oxygen atoms in total. The average Bonchev–Trinajstić information content (AvgIpc) is 3.38. The van der Waals surface area contributed by atoms with Gasteiger partial charge in [-0.1, -0.05) is 35.5 Å². The largest absolute Gasteiger partial charge is 0.339 e. The summed E-state index contributed by atoms with van der Waals surface area (Å²) in [4.78, 5) is 19.7. The molecule has 5 rings (SSSR count). The van der Waals surface area contributed by atoms with E-state index in [1.807, 2.05) is 48.3 Å². The van der Waals surface area contributed by atoms with E-state index in [0.717, 1.165) is 42.9 Å². The van der Waals surface area contributed by atoms with Crippen molar-refractivity contribution in [1.82, 2.24) is 24.8 Å². The molecule has 0 N–H and O–H groups in total. The third-order valence-corrected chi connectivity index (χ3v) is 5.86. The van der Waals surface area contributed by atoms with Crippen LogP contribution in [0.5, 0.6) is 0 Å². The van der Waals surface area contributed by atoms with Crippen molar-refractivity contribution in [2.45, 2.75) is 38.0 Å². The van der Waals surface area contributed by atoms with Gasteiger partial charge in [0.1, 0.15) is 5.69 Å². The second-order valence-electron chi connectivity index (χ2n) is 8.19. The van der Waals surface area contributed by atoms with Gasteiger partial charge in [-0.15, -0.1) is 0 Å². The summed E-state index contributed by atoms with van der Waals surface area (Å²) >= 11 is 0. The van der Waals surface area contributed by atoms with Crippen LogP contribution in [0.1, 0.15) is 53.8 Å². The van der Waals surface area contributed by atoms with E-state index in [2.05, 4.69) is 15.2 Å². The van der Waals surface area contributed by atoms with Gasteiger partial charge in [0, 0.05) is 38.0 Å². The summed E-state index contributed by atoms with van der Waals surface area (Å²) in [6, 6.07) is 11.8. The number of piperidine rings is 1. The maximum absolute atomic E-state index is 13.2. The van der Waals surface area contributed by atoms with Crippen LogP contribution >= 0.6 is 0 Å². The second kappa shape index (κ2) is 7.46. The van der Waals surface area contributed by atoms with Crippen LogP contribution in [-0.4, -0.2) is 43.8 Å². The molecule has 1 amide bonds. The Morgan fingerprint density at radius 2 is 2.03 bits per heavy atom. The van der Waals surface area contributed by atoms with Crippen LogP contribution in [-0.2, 0) is 13.5 Å². The van der Waals surface area contributed by atoms with Crippen LogP contribution in [0.3, 0.4) is 0 Å². The van der Waals surface area contributed by atoms with Gasteiger partial charge >= 0.3 is 0 Å². The summed E-state index contributed by atoms with van der Waals surface area (Å²) in [7, 11) is 1.83. The van der Waals surface area contributed by atoms with Crippen LogP contribution in [0.4, 0.5) is 0 Å². The Hall–Kier alpha value is -2.96. The highest BCUT2D eigenvalue weighted by molar-refractivity contribution is 5.93. The smallest absolute Gasteiger partial charge is 0.272 e. The topological polar surface area (TPSA) is 77.1 Å². The summed E-state index contributed by atoms with van der Waals surface area (Å²) < 4.78 is 7.13. The molecule has 150 valence electrons. The number of rotatable bonds is 5. The van der Waals surface area contributed by atoms with Crippen molar-refractivity contribution in [3.63, 3.8) is 0 Å². The van der Waals surface area contributed by atoms with E-state index in [1.54, 1.807) is 4.68 Å². The molecule has 0 radical (unpaired) electrons. The van der Waals surface area contributed by atoms with E-state index in [1.165, 1.54) is 12.8 Å². The van der Waals surface area contributed by atoms with Gasteiger partial charge in [0.15, 0.2) is 5.82 Å². The van der Waals surface area contributed by atoms with Gasteiger partial charge in [0.05, 0.1) is 5.69 Å². The molecule has 1 aromatic carbocycles. The minimum atomic E-state index is 0.0380. The Bertz CT molecular complexity index is 1010. The molecule has 0 spiro atoms. The standard InChI is InChI=1S/C22H25N5O2/c1-26-19(13-18(24-26)16-7-3-2-4-8-16)22(28)27-11-5-6-15(14-27)12-20-23-21(25-29-20)17-9-10-17/h2-4,7-8,13,15,17H,5-6,9-12,14H2,1H3. The second-order valence-corrected chi connectivity index (χ2v) is 8.19. The predicted molar refractivity (Wildman–Crippen MR) is 107 cm³/mol. The van der Waals surface area contributed by atoms with Crippen LogP contribution in [0, 0.1) is 5.92 Å². The summed E-state index contributed by atoms with van der Waals surface area (Å²) in [6.07, 6.45) is 5.14. The third-order valence-electron chi connectivity index (χ3n) is 5.86. The Balaban J connectivity index is 1.27. The number of likely N-dealkylation sites (tertiary alicyclic amines) is 1. The number of carbonyl (C=O) groups is 1. The Labute approximate surface area is 169 Å². The highest BCUT2D eigenvalue weighted by Gasteiger charge is 2.31. The molecular weight excluding hydrogens is 366 g/mol. The average molecular weight is 391 g/mol. The number of amides is 1. The van der Waals surface area contributed by atoms with E-state index in [4.69, 9.17) is 4.52 Å². The zero-order valence-electron chi connectivity index (χ0n) is 16.6. The highest BCUT2D eigenvalue weighted by Crippen LogP contribution is 2.38. The van der Waals surface area contributed by atoms with Gasteiger partial charge in [-0.05, 0) is 37.7 Å². The lowest BCUT2D eigenvalue weighted by molar-refractivity contribution is 0.0657. The molecule has 1 aliphatic heterocycles. The van der Waals surface area contributed by atoms with Crippen LogP contribution in [0.15, 0.2) is 40.9 Å². The van der Waals surface area contributed by atoms with Crippen molar-refractivity contribution in [3.05, 3.63) is 53.8 Å². The number of hydrogen-bond acceptors (Lipinski definition) is 5. The van der Waals surface area contributed by atoms with Crippen LogP contribution < -0.4 is 0 Å². The summed E-state index contributed by atoms with van der Waals surface area (Å²) in [5, 5.41) is 8.65. The van der Waals surface area contributed by atoms with Gasteiger partial charge in [-0.25, -0.2) is 0 Å². The van der Waals surface area contributed by atoms with E-state index in [9.17, 15) is 4.79 Å². The number of benzene rings is 1. The van der Waals surface area contributed by atoms with Gasteiger partial charge in [-0.2, -0.15) is 10.1 Å². The molecule has 2 fully saturated rings. The van der Waals surface area contributed by atoms with Crippen LogP contribution in [0.25, 0.3) is 11.3 Å². The molecule has 1 unspecified atom stereocenters. The number of hydrogen-bond donors (Lipinski definition) is 0. The first-order valence-corrected chi connectivity index (χ1v) is 10.4. The minimum Gasteiger partial charge on any atom is -0.339 e. The Kier molecular flexibility index (Phi) is 4.66. The molecule has 29 heavy (non-hydrogen) atoms. The first kappa shape index (κ1) is 18.1. The Morgan fingerprint density at radius 1 is 1.21 bits per heavy atom. The molecule has 1 aliphatic carbocycles. The van der Waals surface area contributed by atoms with E-state index >= 15 is 0 Å². The molecule has 0 bridgehead atoms. The first-order valence-electron chi connectivity index (χ1n) is 10.4. The van der Waals surface area contributed by atoms with Crippen molar-refractivity contribution >= 4 is 5.91 Å². The predicted octanol–water partition coefficient (Wildman–Crippen LogP) is 3.44. The first-order chi connectivity index (χ1) is 14.2. The lowest BCUT2D eigenvalue weighted by atomic mass is 9.94. The Morgan fingerprint density at radius 3 is 2.83 bits per heavy atom. The quantitative estimate of drug-likeness (QED) is 0.666. The monoisotopic (exact) mass is 391 g/mol.